The van der Waals surface area contributed by atoms with Gasteiger partial charge in [-0.05, 0) is 52.0 Å². The number of benzene rings is 1. The predicted octanol–water partition coefficient (Wildman–Crippen LogP) is 2.45. The first-order chi connectivity index (χ1) is 10.6. The molecule has 6 heteroatoms. The largest absolute Gasteiger partial charge is 0.462 e. The fourth-order valence-electron chi connectivity index (χ4n) is 2.07. The summed E-state index contributed by atoms with van der Waals surface area (Å²) in [5, 5.41) is 2.71. The van der Waals surface area contributed by atoms with Crippen molar-refractivity contribution in [2.75, 3.05) is 18.5 Å². The third-order valence-electron chi connectivity index (χ3n) is 3.17. The fourth-order valence-corrected chi connectivity index (χ4v) is 2.07. The maximum atomic E-state index is 12.1. The first-order valence-electron chi connectivity index (χ1n) is 7.50. The molecule has 1 aromatic carbocycles. The average molecular weight is 320 g/mol. The summed E-state index contributed by atoms with van der Waals surface area (Å²) in [6.07, 6.45) is 0. The molecule has 0 heterocycles. The quantitative estimate of drug-likeness (QED) is 0.846. The number of carbonyl (C=O) groups excluding carboxylic acids is 3. The molecule has 0 aromatic heterocycles. The summed E-state index contributed by atoms with van der Waals surface area (Å²) in [7, 11) is 0. The van der Waals surface area contributed by atoms with E-state index in [1.165, 1.54) is 11.8 Å². The second-order valence-corrected chi connectivity index (χ2v) is 6.12. The van der Waals surface area contributed by atoms with E-state index < -0.39 is 11.5 Å². The Balaban J connectivity index is 2.70. The minimum Gasteiger partial charge on any atom is -0.462 e. The summed E-state index contributed by atoms with van der Waals surface area (Å²) in [6, 6.07) is 6.42. The molecule has 0 fully saturated rings. The van der Waals surface area contributed by atoms with Gasteiger partial charge in [0.1, 0.15) is 6.54 Å². The van der Waals surface area contributed by atoms with Crippen molar-refractivity contribution in [2.45, 2.75) is 40.2 Å². The van der Waals surface area contributed by atoms with Crippen molar-refractivity contribution >= 4 is 23.5 Å². The third-order valence-corrected chi connectivity index (χ3v) is 3.17. The molecule has 0 aliphatic carbocycles. The van der Waals surface area contributed by atoms with Crippen LogP contribution in [0.25, 0.3) is 0 Å². The van der Waals surface area contributed by atoms with E-state index in [4.69, 9.17) is 4.74 Å². The first-order valence-corrected chi connectivity index (χ1v) is 7.50. The first kappa shape index (κ1) is 18.7. The lowest BCUT2D eigenvalue weighted by atomic mass is 10.1. The Morgan fingerprint density at radius 1 is 1.13 bits per heavy atom. The third kappa shape index (κ3) is 5.73. The standard InChI is InChI=1S/C17H24N2O4/c1-6-23-16(22)13-7-9-14(10-8-13)18-15(21)11-19(12(2)20)17(3,4)5/h7-10H,6,11H2,1-5H3,(H,18,21). The molecule has 2 amide bonds. The minimum atomic E-state index is -0.434. The molecule has 1 rings (SSSR count). The summed E-state index contributed by atoms with van der Waals surface area (Å²) in [4.78, 5) is 36.8. The maximum Gasteiger partial charge on any atom is 0.338 e. The number of rotatable bonds is 5. The number of hydrogen-bond acceptors (Lipinski definition) is 4. The van der Waals surface area contributed by atoms with Crippen LogP contribution in [-0.2, 0) is 14.3 Å². The van der Waals surface area contributed by atoms with Crippen molar-refractivity contribution in [2.24, 2.45) is 0 Å². The van der Waals surface area contributed by atoms with Crippen LogP contribution in [0.1, 0.15) is 45.0 Å². The van der Waals surface area contributed by atoms with Gasteiger partial charge in [0.25, 0.3) is 0 Å². The molecular formula is C17H24N2O4. The zero-order valence-corrected chi connectivity index (χ0v) is 14.3. The van der Waals surface area contributed by atoms with Crippen molar-refractivity contribution in [3.63, 3.8) is 0 Å². The van der Waals surface area contributed by atoms with Crippen LogP contribution in [0.15, 0.2) is 24.3 Å². The lowest BCUT2D eigenvalue weighted by Crippen LogP contribution is -2.48. The van der Waals surface area contributed by atoms with E-state index in [-0.39, 0.29) is 18.4 Å². The van der Waals surface area contributed by atoms with Gasteiger partial charge in [-0.3, -0.25) is 9.59 Å². The Labute approximate surface area is 136 Å². The van der Waals surface area contributed by atoms with Crippen LogP contribution in [0.2, 0.25) is 0 Å². The highest BCUT2D eigenvalue weighted by Crippen LogP contribution is 2.14. The van der Waals surface area contributed by atoms with Gasteiger partial charge in [0.2, 0.25) is 11.8 Å². The van der Waals surface area contributed by atoms with E-state index in [9.17, 15) is 14.4 Å². The van der Waals surface area contributed by atoms with Crippen molar-refractivity contribution < 1.29 is 19.1 Å². The summed E-state index contributed by atoms with van der Waals surface area (Å²) in [6.45, 7) is 9.07. The highest BCUT2D eigenvalue weighted by Gasteiger charge is 2.25. The molecule has 0 saturated heterocycles. The zero-order chi connectivity index (χ0) is 17.6. The normalized spacial score (nSPS) is 10.8. The molecular weight excluding hydrogens is 296 g/mol. The molecule has 0 aliphatic rings. The van der Waals surface area contributed by atoms with E-state index in [0.29, 0.717) is 17.9 Å². The molecule has 1 N–H and O–H groups in total. The second kappa shape index (κ2) is 7.76. The maximum absolute atomic E-state index is 12.1. The van der Waals surface area contributed by atoms with E-state index in [0.717, 1.165) is 0 Å². The van der Waals surface area contributed by atoms with E-state index >= 15 is 0 Å². The molecule has 23 heavy (non-hydrogen) atoms. The van der Waals surface area contributed by atoms with Crippen LogP contribution >= 0.6 is 0 Å². The lowest BCUT2D eigenvalue weighted by Gasteiger charge is -2.34. The molecule has 0 atom stereocenters. The van der Waals surface area contributed by atoms with Crippen LogP contribution in [0.4, 0.5) is 5.69 Å². The lowest BCUT2D eigenvalue weighted by molar-refractivity contribution is -0.137. The number of esters is 1. The van der Waals surface area contributed by atoms with Crippen molar-refractivity contribution in [3.8, 4) is 0 Å². The molecule has 0 spiro atoms. The Kier molecular flexibility index (Phi) is 6.30. The molecule has 1 aromatic rings. The Morgan fingerprint density at radius 3 is 2.13 bits per heavy atom. The molecule has 0 saturated carbocycles. The summed E-state index contributed by atoms with van der Waals surface area (Å²) < 4.78 is 4.89. The van der Waals surface area contributed by atoms with Crippen LogP contribution < -0.4 is 5.32 Å². The number of hydrogen-bond donors (Lipinski definition) is 1. The molecule has 0 bridgehead atoms. The van der Waals surface area contributed by atoms with E-state index in [2.05, 4.69) is 5.32 Å². The summed E-state index contributed by atoms with van der Waals surface area (Å²) in [5.41, 5.74) is 0.544. The van der Waals surface area contributed by atoms with Crippen LogP contribution in [0, 0.1) is 0 Å². The Hall–Kier alpha value is -2.37. The molecule has 126 valence electrons. The molecule has 0 radical (unpaired) electrons. The second-order valence-electron chi connectivity index (χ2n) is 6.12. The van der Waals surface area contributed by atoms with Gasteiger partial charge in [-0.1, -0.05) is 0 Å². The molecule has 0 aliphatic heterocycles. The van der Waals surface area contributed by atoms with Gasteiger partial charge >= 0.3 is 5.97 Å². The Bertz CT molecular complexity index is 573. The highest BCUT2D eigenvalue weighted by atomic mass is 16.5. The average Bonchev–Trinajstić information content (AvgIpc) is 2.44. The van der Waals surface area contributed by atoms with Crippen LogP contribution in [0.5, 0.6) is 0 Å². The van der Waals surface area contributed by atoms with Crippen LogP contribution in [-0.4, -0.2) is 41.4 Å². The van der Waals surface area contributed by atoms with Gasteiger partial charge in [-0.25, -0.2) is 4.79 Å². The minimum absolute atomic E-state index is 0.0293. The summed E-state index contributed by atoms with van der Waals surface area (Å²) in [5.74, 6) is -0.856. The van der Waals surface area contributed by atoms with Crippen molar-refractivity contribution in [3.05, 3.63) is 29.8 Å². The number of carbonyl (C=O) groups is 3. The monoisotopic (exact) mass is 320 g/mol. The molecule has 6 nitrogen and oxygen atoms in total. The highest BCUT2D eigenvalue weighted by molar-refractivity contribution is 5.95. The number of anilines is 1. The van der Waals surface area contributed by atoms with Gasteiger partial charge in [0.15, 0.2) is 0 Å². The van der Waals surface area contributed by atoms with Gasteiger partial charge in [0, 0.05) is 18.2 Å². The smallest absolute Gasteiger partial charge is 0.338 e. The van der Waals surface area contributed by atoms with Gasteiger partial charge in [-0.15, -0.1) is 0 Å². The van der Waals surface area contributed by atoms with E-state index in [1.807, 2.05) is 20.8 Å². The molecule has 0 unspecified atom stereocenters. The Morgan fingerprint density at radius 2 is 1.70 bits per heavy atom. The van der Waals surface area contributed by atoms with Crippen LogP contribution in [0.3, 0.4) is 0 Å². The zero-order valence-electron chi connectivity index (χ0n) is 14.3. The predicted molar refractivity (Wildman–Crippen MR) is 88.2 cm³/mol. The number of nitrogens with one attached hydrogen (secondary N) is 1. The number of amides is 2. The van der Waals surface area contributed by atoms with Crippen molar-refractivity contribution in [1.29, 1.82) is 0 Å². The number of ether oxygens (including phenoxy) is 1. The fraction of sp³-hybridized carbons (Fsp3) is 0.471. The van der Waals surface area contributed by atoms with Gasteiger partial charge in [-0.2, -0.15) is 0 Å². The summed E-state index contributed by atoms with van der Waals surface area (Å²) >= 11 is 0. The topological polar surface area (TPSA) is 75.7 Å². The van der Waals surface area contributed by atoms with Gasteiger partial charge in [0.05, 0.1) is 12.2 Å². The van der Waals surface area contributed by atoms with E-state index in [1.54, 1.807) is 31.2 Å². The van der Waals surface area contributed by atoms with Crippen molar-refractivity contribution in [1.82, 2.24) is 4.90 Å². The number of nitrogens with zero attached hydrogens (tertiary/aromatic N) is 1. The van der Waals surface area contributed by atoms with Gasteiger partial charge < -0.3 is 15.0 Å². The SMILES string of the molecule is CCOC(=O)c1ccc(NC(=O)CN(C(C)=O)C(C)(C)C)cc1.